The second-order valence-electron chi connectivity index (χ2n) is 5.20. The van der Waals surface area contributed by atoms with E-state index in [2.05, 4.69) is 42.5 Å². The predicted molar refractivity (Wildman–Crippen MR) is 84.9 cm³/mol. The zero-order valence-electron chi connectivity index (χ0n) is 12.2. The van der Waals surface area contributed by atoms with E-state index in [1.807, 2.05) is 49.6 Å². The quantitative estimate of drug-likeness (QED) is 0.582. The Morgan fingerprint density at radius 2 is 1.68 bits per heavy atom. The summed E-state index contributed by atoms with van der Waals surface area (Å²) in [5, 5.41) is 8.57. The molecule has 2 aromatic heterocycles. The van der Waals surface area contributed by atoms with Crippen LogP contribution in [-0.4, -0.2) is 24.3 Å². The van der Waals surface area contributed by atoms with Crippen LogP contribution in [-0.2, 0) is 6.54 Å². The van der Waals surface area contributed by atoms with Gasteiger partial charge in [0.2, 0.25) is 0 Å². The molecule has 2 heterocycles. The van der Waals surface area contributed by atoms with Crippen molar-refractivity contribution in [3.63, 3.8) is 0 Å². The Balaban J connectivity index is 1.78. The Morgan fingerprint density at radius 1 is 0.909 bits per heavy atom. The molecule has 2 aromatic carbocycles. The largest absolute Gasteiger partial charge is 0.323 e. The number of hydrogen-bond donors (Lipinski definition) is 0. The molecule has 0 fully saturated rings. The summed E-state index contributed by atoms with van der Waals surface area (Å²) in [4.78, 5) is 4.43. The molecule has 5 heteroatoms. The van der Waals surface area contributed by atoms with Crippen molar-refractivity contribution in [2.75, 3.05) is 0 Å². The summed E-state index contributed by atoms with van der Waals surface area (Å²) < 4.78 is 4.17. The Labute approximate surface area is 127 Å². The van der Waals surface area contributed by atoms with Gasteiger partial charge in [-0.2, -0.15) is 0 Å². The molecule has 0 saturated carbocycles. The molecule has 0 aliphatic rings. The molecule has 0 N–H and O–H groups in total. The van der Waals surface area contributed by atoms with E-state index in [-0.39, 0.29) is 0 Å². The third-order valence-electron chi connectivity index (χ3n) is 3.75. The highest BCUT2D eigenvalue weighted by Gasteiger charge is 2.12. The molecule has 0 amide bonds. The summed E-state index contributed by atoms with van der Waals surface area (Å²) in [6, 6.07) is 18.3. The highest BCUT2D eigenvalue weighted by molar-refractivity contribution is 5.75. The molecule has 0 spiro atoms. The minimum Gasteiger partial charge on any atom is -0.323 e. The molecule has 0 aliphatic carbocycles. The highest BCUT2D eigenvalue weighted by atomic mass is 15.3. The van der Waals surface area contributed by atoms with Crippen molar-refractivity contribution >= 4 is 11.0 Å². The van der Waals surface area contributed by atoms with Crippen molar-refractivity contribution in [2.45, 2.75) is 13.5 Å². The van der Waals surface area contributed by atoms with E-state index in [4.69, 9.17) is 0 Å². The maximum atomic E-state index is 4.43. The van der Waals surface area contributed by atoms with Gasteiger partial charge in [-0.25, -0.2) is 4.98 Å². The first-order chi connectivity index (χ1) is 10.8. The first-order valence-electron chi connectivity index (χ1n) is 7.19. The van der Waals surface area contributed by atoms with E-state index in [1.54, 1.807) is 0 Å². The Bertz CT molecular complexity index is 921. The van der Waals surface area contributed by atoms with Crippen LogP contribution in [0.15, 0.2) is 60.9 Å². The molecule has 4 rings (SSSR count). The van der Waals surface area contributed by atoms with Crippen molar-refractivity contribution in [2.24, 2.45) is 0 Å². The van der Waals surface area contributed by atoms with Crippen molar-refractivity contribution in [3.8, 4) is 5.69 Å². The van der Waals surface area contributed by atoms with Crippen LogP contribution >= 0.6 is 0 Å². The monoisotopic (exact) mass is 289 g/mol. The molecule has 0 unspecified atom stereocenters. The summed E-state index contributed by atoms with van der Waals surface area (Å²) in [5.74, 6) is 1.78. The molecule has 0 radical (unpaired) electrons. The summed E-state index contributed by atoms with van der Waals surface area (Å²) in [6.45, 7) is 2.60. The van der Waals surface area contributed by atoms with Crippen LogP contribution in [0.4, 0.5) is 0 Å². The van der Waals surface area contributed by atoms with Gasteiger partial charge in [-0.1, -0.05) is 30.3 Å². The number of imidazole rings is 1. The van der Waals surface area contributed by atoms with Crippen molar-refractivity contribution in [3.05, 3.63) is 72.6 Å². The number of hydrogen-bond acceptors (Lipinski definition) is 3. The number of aryl methyl sites for hydroxylation is 1. The van der Waals surface area contributed by atoms with Crippen molar-refractivity contribution in [1.29, 1.82) is 0 Å². The fourth-order valence-electron chi connectivity index (χ4n) is 2.71. The fourth-order valence-corrected chi connectivity index (χ4v) is 2.71. The summed E-state index contributed by atoms with van der Waals surface area (Å²) in [6.07, 6.45) is 1.85. The predicted octanol–water partition coefficient (Wildman–Crippen LogP) is 2.97. The van der Waals surface area contributed by atoms with Gasteiger partial charge < -0.3 is 4.57 Å². The second-order valence-corrected chi connectivity index (χ2v) is 5.20. The lowest BCUT2D eigenvalue weighted by Crippen LogP contribution is -2.07. The van der Waals surface area contributed by atoms with E-state index >= 15 is 0 Å². The Kier molecular flexibility index (Phi) is 2.96. The number of aromatic nitrogens is 5. The van der Waals surface area contributed by atoms with Crippen LogP contribution in [0.25, 0.3) is 16.7 Å². The standard InChI is InChI=1S/C17H15N5/c1-13-19-20-17(22(13)14-7-3-2-4-8-14)11-21-12-18-15-9-5-6-10-16(15)21/h2-10,12H,11H2,1H3. The van der Waals surface area contributed by atoms with Gasteiger partial charge in [-0.15, -0.1) is 10.2 Å². The van der Waals surface area contributed by atoms with E-state index in [1.165, 1.54) is 0 Å². The molecule has 5 nitrogen and oxygen atoms in total. The Morgan fingerprint density at radius 3 is 2.55 bits per heavy atom. The van der Waals surface area contributed by atoms with Crippen LogP contribution in [0.1, 0.15) is 11.6 Å². The maximum absolute atomic E-state index is 4.43. The summed E-state index contributed by atoms with van der Waals surface area (Å²) in [5.41, 5.74) is 3.16. The van der Waals surface area contributed by atoms with Crippen molar-refractivity contribution in [1.82, 2.24) is 24.3 Å². The van der Waals surface area contributed by atoms with Gasteiger partial charge in [-0.05, 0) is 31.2 Å². The summed E-state index contributed by atoms with van der Waals surface area (Å²) >= 11 is 0. The number of nitrogens with zero attached hydrogens (tertiary/aromatic N) is 5. The first kappa shape index (κ1) is 12.8. The van der Waals surface area contributed by atoms with Gasteiger partial charge in [0.05, 0.1) is 23.9 Å². The van der Waals surface area contributed by atoms with Gasteiger partial charge in [0.15, 0.2) is 5.82 Å². The lowest BCUT2D eigenvalue weighted by molar-refractivity contribution is 0.739. The minimum absolute atomic E-state index is 0.635. The Hall–Kier alpha value is -2.95. The molecule has 0 saturated heterocycles. The molecule has 22 heavy (non-hydrogen) atoms. The highest BCUT2D eigenvalue weighted by Crippen LogP contribution is 2.16. The summed E-state index contributed by atoms with van der Waals surface area (Å²) in [7, 11) is 0. The van der Waals surface area contributed by atoms with E-state index in [0.29, 0.717) is 6.54 Å². The van der Waals surface area contributed by atoms with Crippen LogP contribution < -0.4 is 0 Å². The smallest absolute Gasteiger partial charge is 0.157 e. The van der Waals surface area contributed by atoms with Crippen LogP contribution in [0.3, 0.4) is 0 Å². The lowest BCUT2D eigenvalue weighted by Gasteiger charge is -2.09. The van der Waals surface area contributed by atoms with Crippen LogP contribution in [0.5, 0.6) is 0 Å². The number of rotatable bonds is 3. The maximum Gasteiger partial charge on any atom is 0.157 e. The van der Waals surface area contributed by atoms with E-state index < -0.39 is 0 Å². The zero-order valence-corrected chi connectivity index (χ0v) is 12.2. The van der Waals surface area contributed by atoms with Gasteiger partial charge >= 0.3 is 0 Å². The van der Waals surface area contributed by atoms with Crippen LogP contribution in [0.2, 0.25) is 0 Å². The lowest BCUT2D eigenvalue weighted by atomic mass is 10.3. The van der Waals surface area contributed by atoms with E-state index in [0.717, 1.165) is 28.4 Å². The third-order valence-corrected chi connectivity index (χ3v) is 3.75. The average molecular weight is 289 g/mol. The number of benzene rings is 2. The van der Waals surface area contributed by atoms with Gasteiger partial charge in [0.25, 0.3) is 0 Å². The second kappa shape index (κ2) is 5.11. The fraction of sp³-hybridized carbons (Fsp3) is 0.118. The zero-order chi connectivity index (χ0) is 14.9. The first-order valence-corrected chi connectivity index (χ1v) is 7.19. The van der Waals surface area contributed by atoms with Gasteiger partial charge in [0.1, 0.15) is 5.82 Å². The van der Waals surface area contributed by atoms with Gasteiger partial charge in [-0.3, -0.25) is 4.57 Å². The molecule has 0 bridgehead atoms. The molecule has 0 aliphatic heterocycles. The molecule has 0 atom stereocenters. The minimum atomic E-state index is 0.635. The van der Waals surface area contributed by atoms with Crippen molar-refractivity contribution < 1.29 is 0 Å². The van der Waals surface area contributed by atoms with Crippen LogP contribution in [0, 0.1) is 6.92 Å². The normalized spacial score (nSPS) is 11.1. The molecular weight excluding hydrogens is 274 g/mol. The molecule has 108 valence electrons. The average Bonchev–Trinajstić information content (AvgIpc) is 3.13. The SMILES string of the molecule is Cc1nnc(Cn2cnc3ccccc32)n1-c1ccccc1. The molecule has 4 aromatic rings. The van der Waals surface area contributed by atoms with E-state index in [9.17, 15) is 0 Å². The molecular formula is C17H15N5. The topological polar surface area (TPSA) is 48.5 Å². The van der Waals surface area contributed by atoms with Gasteiger partial charge in [0, 0.05) is 5.69 Å². The third kappa shape index (κ3) is 2.07. The number of fused-ring (bicyclic) bond motifs is 1. The number of para-hydroxylation sites is 3.